The molecule has 0 aliphatic carbocycles. The smallest absolute Gasteiger partial charge is 0.339 e. The Hall–Kier alpha value is -3.06. The van der Waals surface area contributed by atoms with Gasteiger partial charge in [-0.2, -0.15) is 0 Å². The molecule has 1 aliphatic heterocycles. The number of cyclic esters (lactones) is 1. The van der Waals surface area contributed by atoms with Crippen LogP contribution in [0.4, 0.5) is 5.13 Å². The molecular formula is C22H21N3O3S. The molecule has 0 spiro atoms. The van der Waals surface area contributed by atoms with Gasteiger partial charge in [0.2, 0.25) is 5.13 Å². The Labute approximate surface area is 172 Å². The summed E-state index contributed by atoms with van der Waals surface area (Å²) in [6.07, 6.45) is 0.173. The number of aromatic nitrogens is 2. The normalized spacial score (nSPS) is 15.7. The lowest BCUT2D eigenvalue weighted by Crippen LogP contribution is -2.23. The lowest BCUT2D eigenvalue weighted by molar-refractivity contribution is 0.0252. The zero-order valence-corrected chi connectivity index (χ0v) is 17.2. The van der Waals surface area contributed by atoms with E-state index < -0.39 is 0 Å². The van der Waals surface area contributed by atoms with Crippen LogP contribution in [0.25, 0.3) is 0 Å². The zero-order chi connectivity index (χ0) is 20.5. The first-order valence-corrected chi connectivity index (χ1v) is 10.3. The summed E-state index contributed by atoms with van der Waals surface area (Å²) in [7, 11) is 0. The van der Waals surface area contributed by atoms with Crippen LogP contribution in [-0.2, 0) is 11.2 Å². The number of esters is 1. The fraction of sp³-hybridized carbons (Fsp3) is 0.273. The molecule has 0 radical (unpaired) electrons. The first kappa shape index (κ1) is 19.3. The minimum Gasteiger partial charge on any atom is -0.454 e. The summed E-state index contributed by atoms with van der Waals surface area (Å²) >= 11 is 1.36. The van der Waals surface area contributed by atoms with Crippen molar-refractivity contribution >= 4 is 28.3 Å². The number of nitrogens with zero attached hydrogens (tertiary/aromatic N) is 2. The number of aryl methyl sites for hydroxylation is 1. The molecule has 2 aromatic carbocycles. The Bertz CT molecular complexity index is 1070. The van der Waals surface area contributed by atoms with Crippen LogP contribution in [0.1, 0.15) is 68.3 Å². The van der Waals surface area contributed by atoms with Crippen molar-refractivity contribution in [2.45, 2.75) is 39.2 Å². The second-order valence-corrected chi connectivity index (χ2v) is 8.44. The van der Waals surface area contributed by atoms with Gasteiger partial charge in [0.1, 0.15) is 11.1 Å². The Balaban J connectivity index is 1.55. The van der Waals surface area contributed by atoms with Gasteiger partial charge in [0.05, 0.1) is 5.56 Å². The Morgan fingerprint density at radius 1 is 1.17 bits per heavy atom. The third-order valence-electron chi connectivity index (χ3n) is 4.85. The van der Waals surface area contributed by atoms with Gasteiger partial charge in [-0.25, -0.2) is 4.79 Å². The van der Waals surface area contributed by atoms with E-state index in [2.05, 4.69) is 15.5 Å². The van der Waals surface area contributed by atoms with E-state index in [0.717, 1.165) is 21.7 Å². The molecule has 1 aromatic heterocycles. The van der Waals surface area contributed by atoms with Crippen molar-refractivity contribution < 1.29 is 14.3 Å². The molecule has 1 aliphatic rings. The third kappa shape index (κ3) is 4.05. The number of nitrogens with one attached hydrogen (secondary N) is 1. The predicted octanol–water partition coefficient (Wildman–Crippen LogP) is 4.68. The maximum absolute atomic E-state index is 12.7. The molecule has 6 nitrogen and oxygen atoms in total. The van der Waals surface area contributed by atoms with Gasteiger partial charge in [0, 0.05) is 17.9 Å². The van der Waals surface area contributed by atoms with E-state index in [-0.39, 0.29) is 23.9 Å². The minimum atomic E-state index is -0.366. The zero-order valence-electron chi connectivity index (χ0n) is 16.4. The molecule has 1 amide bonds. The number of rotatable bonds is 4. The van der Waals surface area contributed by atoms with Gasteiger partial charge < -0.3 is 4.74 Å². The fourth-order valence-corrected chi connectivity index (χ4v) is 3.93. The van der Waals surface area contributed by atoms with E-state index in [1.165, 1.54) is 11.3 Å². The number of amides is 1. The SMILES string of the molecule is Cc1ccc(C2Cc3cc(C(=O)Nc4nnc(C(C)C)s4)ccc3C(=O)O2)cc1. The van der Waals surface area contributed by atoms with Gasteiger partial charge in [-0.1, -0.05) is 55.0 Å². The summed E-state index contributed by atoms with van der Waals surface area (Å²) in [6, 6.07) is 13.0. The fourth-order valence-electron chi connectivity index (χ4n) is 3.19. The Morgan fingerprint density at radius 2 is 1.93 bits per heavy atom. The molecule has 0 bridgehead atoms. The summed E-state index contributed by atoms with van der Waals surface area (Å²) in [6.45, 7) is 6.07. The summed E-state index contributed by atoms with van der Waals surface area (Å²) in [5.74, 6) is -0.383. The molecule has 0 saturated heterocycles. The summed E-state index contributed by atoms with van der Waals surface area (Å²) < 4.78 is 5.60. The maximum atomic E-state index is 12.7. The summed E-state index contributed by atoms with van der Waals surface area (Å²) in [5.41, 5.74) is 3.87. The molecule has 1 atom stereocenters. The number of hydrogen-bond acceptors (Lipinski definition) is 6. The first-order valence-electron chi connectivity index (χ1n) is 9.46. The van der Waals surface area contributed by atoms with Gasteiger partial charge >= 0.3 is 5.97 Å². The molecule has 29 heavy (non-hydrogen) atoms. The second-order valence-electron chi connectivity index (χ2n) is 7.43. The third-order valence-corrected chi connectivity index (χ3v) is 5.99. The largest absolute Gasteiger partial charge is 0.454 e. The van der Waals surface area contributed by atoms with Crippen LogP contribution in [0.15, 0.2) is 42.5 Å². The quantitative estimate of drug-likeness (QED) is 0.635. The minimum absolute atomic E-state index is 0.256. The van der Waals surface area contributed by atoms with Crippen molar-refractivity contribution in [1.29, 1.82) is 0 Å². The van der Waals surface area contributed by atoms with Crippen LogP contribution >= 0.6 is 11.3 Å². The summed E-state index contributed by atoms with van der Waals surface area (Å²) in [4.78, 5) is 25.1. The molecule has 1 unspecified atom stereocenters. The van der Waals surface area contributed by atoms with E-state index in [1.807, 2.05) is 45.0 Å². The monoisotopic (exact) mass is 407 g/mol. The van der Waals surface area contributed by atoms with Crippen molar-refractivity contribution in [3.63, 3.8) is 0 Å². The number of hydrogen-bond donors (Lipinski definition) is 1. The van der Waals surface area contributed by atoms with E-state index in [0.29, 0.717) is 22.7 Å². The predicted molar refractivity (Wildman–Crippen MR) is 111 cm³/mol. The van der Waals surface area contributed by atoms with Gasteiger partial charge in [-0.05, 0) is 36.2 Å². The molecule has 0 saturated carbocycles. The number of fused-ring (bicyclic) bond motifs is 1. The molecule has 7 heteroatoms. The van der Waals surface area contributed by atoms with Crippen LogP contribution in [-0.4, -0.2) is 22.1 Å². The van der Waals surface area contributed by atoms with Crippen LogP contribution in [0.5, 0.6) is 0 Å². The van der Waals surface area contributed by atoms with Gasteiger partial charge in [0.15, 0.2) is 0 Å². The molecular weight excluding hydrogens is 386 g/mol. The summed E-state index contributed by atoms with van der Waals surface area (Å²) in [5, 5.41) is 12.2. The topological polar surface area (TPSA) is 81.2 Å². The highest BCUT2D eigenvalue weighted by atomic mass is 32.1. The lowest BCUT2D eigenvalue weighted by atomic mass is 9.93. The average molecular weight is 407 g/mol. The first-order chi connectivity index (χ1) is 13.9. The van der Waals surface area contributed by atoms with E-state index >= 15 is 0 Å². The highest BCUT2D eigenvalue weighted by molar-refractivity contribution is 7.15. The van der Waals surface area contributed by atoms with Crippen LogP contribution in [0, 0.1) is 6.92 Å². The lowest BCUT2D eigenvalue weighted by Gasteiger charge is -2.25. The Kier molecular flexibility index (Phi) is 5.15. The average Bonchev–Trinajstić information content (AvgIpc) is 3.17. The van der Waals surface area contributed by atoms with Crippen molar-refractivity contribution in [1.82, 2.24) is 10.2 Å². The molecule has 1 N–H and O–H groups in total. The number of anilines is 1. The molecule has 3 aromatic rings. The van der Waals surface area contributed by atoms with E-state index in [9.17, 15) is 9.59 Å². The molecule has 4 rings (SSSR count). The number of ether oxygens (including phenoxy) is 1. The van der Waals surface area contributed by atoms with E-state index in [4.69, 9.17) is 4.74 Å². The van der Waals surface area contributed by atoms with E-state index in [1.54, 1.807) is 18.2 Å². The van der Waals surface area contributed by atoms with Crippen molar-refractivity contribution in [2.75, 3.05) is 5.32 Å². The van der Waals surface area contributed by atoms with Crippen molar-refractivity contribution in [2.24, 2.45) is 0 Å². The van der Waals surface area contributed by atoms with Crippen LogP contribution < -0.4 is 5.32 Å². The number of carbonyl (C=O) groups excluding carboxylic acids is 2. The number of benzene rings is 2. The maximum Gasteiger partial charge on any atom is 0.339 e. The second kappa shape index (κ2) is 7.75. The molecule has 148 valence electrons. The van der Waals surface area contributed by atoms with Crippen molar-refractivity contribution in [3.05, 3.63) is 75.3 Å². The molecule has 2 heterocycles. The standard InChI is InChI=1S/C22H21N3O3S/c1-12(2)20-24-25-22(29-20)23-19(26)15-8-9-17-16(10-15)11-18(28-21(17)27)14-6-4-13(3)5-7-14/h4-10,12,18H,11H2,1-3H3,(H,23,25,26). The Morgan fingerprint density at radius 3 is 2.62 bits per heavy atom. The highest BCUT2D eigenvalue weighted by Crippen LogP contribution is 2.31. The molecule has 0 fully saturated rings. The number of carbonyl (C=O) groups is 2. The van der Waals surface area contributed by atoms with Crippen LogP contribution in [0.2, 0.25) is 0 Å². The van der Waals surface area contributed by atoms with Gasteiger partial charge in [-0.3, -0.25) is 10.1 Å². The highest BCUT2D eigenvalue weighted by Gasteiger charge is 2.28. The van der Waals surface area contributed by atoms with Crippen LogP contribution in [0.3, 0.4) is 0 Å². The van der Waals surface area contributed by atoms with Gasteiger partial charge in [0.25, 0.3) is 5.91 Å². The van der Waals surface area contributed by atoms with Crippen molar-refractivity contribution in [3.8, 4) is 0 Å². The van der Waals surface area contributed by atoms with Gasteiger partial charge in [-0.15, -0.1) is 10.2 Å².